The molecule has 4 rings (SSSR count). The first-order valence-electron chi connectivity index (χ1n) is 16.0. The van der Waals surface area contributed by atoms with Crippen LogP contribution in [0.2, 0.25) is 0 Å². The van der Waals surface area contributed by atoms with E-state index in [1.807, 2.05) is 18.2 Å². The van der Waals surface area contributed by atoms with Gasteiger partial charge in [-0.3, -0.25) is 4.79 Å². The fraction of sp³-hybridized carbons (Fsp3) is 0.543. The Morgan fingerprint density at radius 1 is 1.09 bits per heavy atom. The van der Waals surface area contributed by atoms with Gasteiger partial charge in [0.25, 0.3) is 0 Å². The van der Waals surface area contributed by atoms with Crippen molar-refractivity contribution in [2.75, 3.05) is 20.8 Å². The molecule has 5 atom stereocenters. The van der Waals surface area contributed by atoms with Gasteiger partial charge in [0, 0.05) is 32.9 Å². The van der Waals surface area contributed by atoms with Crippen LogP contribution in [0.25, 0.3) is 6.08 Å². The fourth-order valence-corrected chi connectivity index (χ4v) is 5.91. The summed E-state index contributed by atoms with van der Waals surface area (Å²) >= 11 is 0. The predicted octanol–water partition coefficient (Wildman–Crippen LogP) is 5.76. The van der Waals surface area contributed by atoms with E-state index < -0.39 is 24.3 Å². The summed E-state index contributed by atoms with van der Waals surface area (Å²) < 4.78 is 34.0. The molecule has 0 spiro atoms. The van der Waals surface area contributed by atoms with Gasteiger partial charge in [-0.25, -0.2) is 14.6 Å². The smallest absolute Gasteiger partial charge is 0.407 e. The number of ether oxygens (including phenoxy) is 5. The highest BCUT2D eigenvalue weighted by Crippen LogP contribution is 2.29. The Morgan fingerprint density at radius 3 is 2.70 bits per heavy atom. The van der Waals surface area contributed by atoms with Gasteiger partial charge in [0.1, 0.15) is 18.5 Å². The van der Waals surface area contributed by atoms with Crippen molar-refractivity contribution in [3.05, 3.63) is 71.0 Å². The molecule has 0 saturated carbocycles. The molecule has 0 radical (unpaired) electrons. The van der Waals surface area contributed by atoms with Gasteiger partial charge in [-0.2, -0.15) is 0 Å². The minimum Gasteiger partial charge on any atom is -0.462 e. The quantitative estimate of drug-likeness (QED) is 0.184. The molecule has 11 nitrogen and oxygen atoms in total. The Balaban J connectivity index is 1.40. The van der Waals surface area contributed by atoms with Crippen LogP contribution in [0.1, 0.15) is 86.3 Å². The molecule has 46 heavy (non-hydrogen) atoms. The van der Waals surface area contributed by atoms with E-state index in [0.29, 0.717) is 50.0 Å². The number of methoxy groups -OCH3 is 2. The molecular formula is C35H46N2O9. The molecule has 1 saturated heterocycles. The zero-order valence-corrected chi connectivity index (χ0v) is 27.2. The molecule has 3 heterocycles. The van der Waals surface area contributed by atoms with Gasteiger partial charge in [-0.15, -0.1) is 0 Å². The van der Waals surface area contributed by atoms with Gasteiger partial charge < -0.3 is 33.4 Å². The molecule has 0 unspecified atom stereocenters. The summed E-state index contributed by atoms with van der Waals surface area (Å²) in [6, 6.07) is 7.38. The molecule has 0 aliphatic carbocycles. The zero-order valence-electron chi connectivity index (χ0n) is 27.2. The number of hydrogen-bond donors (Lipinski definition) is 1. The van der Waals surface area contributed by atoms with Crippen LogP contribution < -0.4 is 5.32 Å². The number of oxazole rings is 1. The number of esters is 2. The Bertz CT molecular complexity index is 1370. The fourth-order valence-electron chi connectivity index (χ4n) is 5.91. The Kier molecular flexibility index (Phi) is 13.4. The number of benzene rings is 1. The molecule has 1 fully saturated rings. The van der Waals surface area contributed by atoms with E-state index in [1.54, 1.807) is 31.6 Å². The lowest BCUT2D eigenvalue weighted by molar-refractivity contribution is -0.158. The van der Waals surface area contributed by atoms with Gasteiger partial charge in [0.05, 0.1) is 43.1 Å². The number of rotatable bonds is 11. The monoisotopic (exact) mass is 638 g/mol. The van der Waals surface area contributed by atoms with Crippen molar-refractivity contribution in [1.82, 2.24) is 10.3 Å². The molecule has 1 aromatic carbocycles. The lowest BCUT2D eigenvalue weighted by Crippen LogP contribution is -2.39. The van der Waals surface area contributed by atoms with Gasteiger partial charge >= 0.3 is 18.0 Å². The number of cyclic esters (lactones) is 1. The summed E-state index contributed by atoms with van der Waals surface area (Å²) in [5.74, 6) is -0.301. The number of carbonyl (C=O) groups excluding carboxylic acids is 3. The van der Waals surface area contributed by atoms with E-state index in [4.69, 9.17) is 23.4 Å². The van der Waals surface area contributed by atoms with E-state index in [1.165, 1.54) is 7.11 Å². The molecule has 2 bridgehead atoms. The first-order valence-corrected chi connectivity index (χ1v) is 16.0. The van der Waals surface area contributed by atoms with Crippen molar-refractivity contribution in [2.45, 2.75) is 102 Å². The van der Waals surface area contributed by atoms with Crippen LogP contribution in [0.5, 0.6) is 0 Å². The normalized spacial score (nSPS) is 25.0. The second kappa shape index (κ2) is 17.7. The van der Waals surface area contributed by atoms with E-state index >= 15 is 0 Å². The molecule has 1 amide bonds. The molecule has 2 aliphatic heterocycles. The number of hydrogen-bond acceptors (Lipinski definition) is 10. The number of aromatic nitrogens is 1. The SMILES string of the molecule is CCC[C@H]1C[C@@H](OC)C/C(C)=C\[C@@H]2C[C@@H](OC(=O)c3ccccc3CCc3coc(/C=C\CNC(=O)OC)n3)C[C@H](CC(=O)O1)O2. The topological polar surface area (TPSA) is 135 Å². The summed E-state index contributed by atoms with van der Waals surface area (Å²) in [6.45, 7) is 4.41. The maximum absolute atomic E-state index is 13.5. The summed E-state index contributed by atoms with van der Waals surface area (Å²) in [4.78, 5) is 42.1. The maximum atomic E-state index is 13.5. The minimum atomic E-state index is -0.519. The largest absolute Gasteiger partial charge is 0.462 e. The first-order chi connectivity index (χ1) is 22.3. The Labute approximate surface area is 270 Å². The van der Waals surface area contributed by atoms with Gasteiger partial charge in [0.15, 0.2) is 0 Å². The van der Waals surface area contributed by atoms with Gasteiger partial charge in [-0.1, -0.05) is 49.3 Å². The van der Waals surface area contributed by atoms with Crippen molar-refractivity contribution in [3.63, 3.8) is 0 Å². The number of fused-ring (bicyclic) bond motifs is 2. The lowest BCUT2D eigenvalue weighted by Gasteiger charge is -2.35. The van der Waals surface area contributed by atoms with Gasteiger partial charge in [-0.05, 0) is 50.3 Å². The number of amides is 1. The summed E-state index contributed by atoms with van der Waals surface area (Å²) in [5, 5.41) is 2.55. The average molecular weight is 639 g/mol. The van der Waals surface area contributed by atoms with Crippen LogP contribution in [-0.2, 0) is 41.3 Å². The molecule has 2 aromatic rings. The zero-order chi connectivity index (χ0) is 32.9. The Hall–Kier alpha value is -3.96. The van der Waals surface area contributed by atoms with Crippen LogP contribution in [0, 0.1) is 0 Å². The second-order valence-electron chi connectivity index (χ2n) is 11.8. The third-order valence-corrected chi connectivity index (χ3v) is 8.11. The summed E-state index contributed by atoms with van der Waals surface area (Å²) in [6.07, 6.45) is 10.2. The van der Waals surface area contributed by atoms with Crippen LogP contribution >= 0.6 is 0 Å². The van der Waals surface area contributed by atoms with Crippen LogP contribution in [0.4, 0.5) is 4.79 Å². The third kappa shape index (κ3) is 10.8. The van der Waals surface area contributed by atoms with E-state index in [-0.39, 0.29) is 37.2 Å². The lowest BCUT2D eigenvalue weighted by atomic mass is 9.94. The minimum absolute atomic E-state index is 0.0693. The van der Waals surface area contributed by atoms with Crippen LogP contribution in [-0.4, -0.2) is 74.3 Å². The van der Waals surface area contributed by atoms with Crippen molar-refractivity contribution in [2.24, 2.45) is 0 Å². The van der Waals surface area contributed by atoms with Crippen molar-refractivity contribution in [1.29, 1.82) is 0 Å². The first kappa shape index (κ1) is 34.9. The maximum Gasteiger partial charge on any atom is 0.407 e. The standard InChI is InChI=1S/C35H46N2O9/c1-5-9-26-18-27(41-3)16-23(2)17-28-19-29(20-30(44-28)21-33(38)45-26)46-34(39)31-11-7-6-10-24(31)13-14-25-22-43-32(37-25)12-8-15-36-35(40)42-4/h6-8,10-12,17,22,26-30H,5,9,13-16,18-21H2,1-4H3,(H,36,40)/b12-8-,23-17-/t26-,27-,28+,29+,30+/m0/s1. The number of nitrogens with zero attached hydrogens (tertiary/aromatic N) is 1. The van der Waals surface area contributed by atoms with Crippen LogP contribution in [0.3, 0.4) is 0 Å². The van der Waals surface area contributed by atoms with Crippen molar-refractivity contribution >= 4 is 24.1 Å². The average Bonchev–Trinajstić information content (AvgIpc) is 3.48. The summed E-state index contributed by atoms with van der Waals surface area (Å²) in [7, 11) is 2.99. The van der Waals surface area contributed by atoms with E-state index in [0.717, 1.165) is 29.7 Å². The predicted molar refractivity (Wildman–Crippen MR) is 170 cm³/mol. The highest BCUT2D eigenvalue weighted by Gasteiger charge is 2.34. The number of alkyl carbamates (subject to hydrolysis) is 1. The summed E-state index contributed by atoms with van der Waals surface area (Å²) in [5.41, 5.74) is 3.19. The number of carbonyl (C=O) groups is 3. The number of nitrogens with one attached hydrogen (secondary N) is 1. The van der Waals surface area contributed by atoms with E-state index in [9.17, 15) is 14.4 Å². The highest BCUT2D eigenvalue weighted by molar-refractivity contribution is 5.91. The molecule has 1 N–H and O–H groups in total. The highest BCUT2D eigenvalue weighted by atomic mass is 16.6. The molecule has 2 aliphatic rings. The number of aryl methyl sites for hydroxylation is 2. The van der Waals surface area contributed by atoms with E-state index in [2.05, 4.69) is 35.0 Å². The molecule has 250 valence electrons. The third-order valence-electron chi connectivity index (χ3n) is 8.11. The van der Waals surface area contributed by atoms with Crippen molar-refractivity contribution in [3.8, 4) is 0 Å². The van der Waals surface area contributed by atoms with Gasteiger partial charge in [0.2, 0.25) is 5.89 Å². The second-order valence-corrected chi connectivity index (χ2v) is 11.8. The molecular weight excluding hydrogens is 592 g/mol. The van der Waals surface area contributed by atoms with Crippen LogP contribution in [0.15, 0.2) is 52.7 Å². The van der Waals surface area contributed by atoms with Crippen molar-refractivity contribution < 1.29 is 42.5 Å². The molecule has 1 aromatic heterocycles. The molecule has 11 heteroatoms. The Morgan fingerprint density at radius 2 is 1.91 bits per heavy atom.